The number of carbonyl (C=O) groups excluding carboxylic acids is 1. The molecule has 14 heteroatoms. The maximum Gasteiger partial charge on any atom is 0.343 e. The second-order valence-corrected chi connectivity index (χ2v) is 10.4. The zero-order valence-corrected chi connectivity index (χ0v) is 25.7. The van der Waals surface area contributed by atoms with E-state index in [9.17, 15) is 14.9 Å². The van der Waals surface area contributed by atoms with Gasteiger partial charge in [-0.2, -0.15) is 0 Å². The molecule has 3 rings (SSSR count). The molecular formula is C27H33Br2NO11. The SMILES string of the molecule is O=C(Oc1c2cc([N+](=O)[O-])cc1COCCOCCOCCOCCOCCOCCOC2)c1cc(Br)cc(Br)c1. The Hall–Kier alpha value is -2.01. The highest BCUT2D eigenvalue weighted by Gasteiger charge is 2.22. The van der Waals surface area contributed by atoms with Gasteiger partial charge in [0.25, 0.3) is 5.69 Å². The van der Waals surface area contributed by atoms with Crippen LogP contribution in [0.4, 0.5) is 5.69 Å². The maximum atomic E-state index is 13.1. The number of ether oxygens (including phenoxy) is 8. The lowest BCUT2D eigenvalue weighted by Crippen LogP contribution is -2.16. The largest absolute Gasteiger partial charge is 0.422 e. The van der Waals surface area contributed by atoms with Gasteiger partial charge in [-0.1, -0.05) is 31.9 Å². The van der Waals surface area contributed by atoms with Crippen LogP contribution >= 0.6 is 31.9 Å². The number of esters is 1. The van der Waals surface area contributed by atoms with Crippen molar-refractivity contribution in [2.24, 2.45) is 0 Å². The first kappa shape index (κ1) is 33.5. The Bertz CT molecular complexity index is 1060. The van der Waals surface area contributed by atoms with Crippen LogP contribution in [0.15, 0.2) is 39.3 Å². The Morgan fingerprint density at radius 3 is 1.37 bits per heavy atom. The highest BCUT2D eigenvalue weighted by molar-refractivity contribution is 9.11. The number of halogens is 2. The van der Waals surface area contributed by atoms with Crippen LogP contribution in [0, 0.1) is 10.1 Å². The van der Waals surface area contributed by atoms with Crippen molar-refractivity contribution >= 4 is 43.5 Å². The lowest BCUT2D eigenvalue weighted by molar-refractivity contribution is -0.385. The number of fused-ring (bicyclic) bond motifs is 2. The summed E-state index contributed by atoms with van der Waals surface area (Å²) in [6.07, 6.45) is 0. The van der Waals surface area contributed by atoms with Crippen molar-refractivity contribution in [3.8, 4) is 5.75 Å². The molecule has 0 aromatic heterocycles. The predicted octanol–water partition coefficient (Wildman–Crippen LogP) is 4.47. The molecule has 0 saturated heterocycles. The minimum atomic E-state index is -0.645. The average molecular weight is 707 g/mol. The van der Waals surface area contributed by atoms with Crippen molar-refractivity contribution in [3.05, 3.63) is 66.1 Å². The van der Waals surface area contributed by atoms with E-state index in [1.165, 1.54) is 12.1 Å². The van der Waals surface area contributed by atoms with Crippen LogP contribution in [0.1, 0.15) is 21.5 Å². The standard InChI is InChI=1S/C27H33Br2NO11/c28-23-13-20(14-24(29)17-23)27(31)41-26-21-15-25(30(32)33)16-22(26)19-40-12-10-38-8-6-36-4-2-34-1-3-35-5-7-37-9-11-39-18-21/h13-17H,1-12,18-19H2. The molecule has 1 aliphatic heterocycles. The van der Waals surface area contributed by atoms with Gasteiger partial charge in [-0.15, -0.1) is 0 Å². The Labute approximate surface area is 254 Å². The Morgan fingerprint density at radius 1 is 0.634 bits per heavy atom. The third-order valence-electron chi connectivity index (χ3n) is 5.48. The molecule has 0 radical (unpaired) electrons. The lowest BCUT2D eigenvalue weighted by atomic mass is 10.1. The molecule has 1 heterocycles. The van der Waals surface area contributed by atoms with E-state index in [2.05, 4.69) is 31.9 Å². The van der Waals surface area contributed by atoms with Gasteiger partial charge in [-0.05, 0) is 18.2 Å². The van der Waals surface area contributed by atoms with Gasteiger partial charge in [0.05, 0.1) is 103 Å². The van der Waals surface area contributed by atoms with E-state index in [4.69, 9.17) is 37.9 Å². The first-order valence-electron chi connectivity index (χ1n) is 13.0. The van der Waals surface area contributed by atoms with Gasteiger partial charge in [0.2, 0.25) is 0 Å². The van der Waals surface area contributed by atoms with Gasteiger partial charge in [0.1, 0.15) is 5.75 Å². The molecule has 0 fully saturated rings. The van der Waals surface area contributed by atoms with Crippen LogP contribution in [0.3, 0.4) is 0 Å². The van der Waals surface area contributed by atoms with E-state index in [1.807, 2.05) is 0 Å². The smallest absolute Gasteiger partial charge is 0.343 e. The summed E-state index contributed by atoms with van der Waals surface area (Å²) in [6.45, 7) is 4.20. The summed E-state index contributed by atoms with van der Waals surface area (Å²) in [5.41, 5.74) is 0.748. The zero-order valence-electron chi connectivity index (χ0n) is 22.5. The molecule has 0 saturated carbocycles. The van der Waals surface area contributed by atoms with Gasteiger partial charge in [-0.25, -0.2) is 4.79 Å². The monoisotopic (exact) mass is 705 g/mol. The second-order valence-electron chi connectivity index (χ2n) is 8.56. The van der Waals surface area contributed by atoms with Crippen LogP contribution in [-0.2, 0) is 46.4 Å². The van der Waals surface area contributed by atoms with Crippen LogP contribution < -0.4 is 4.74 Å². The van der Waals surface area contributed by atoms with Crippen LogP contribution in [0.5, 0.6) is 5.75 Å². The molecule has 0 aliphatic carbocycles. The summed E-state index contributed by atoms with van der Waals surface area (Å²) >= 11 is 6.73. The highest BCUT2D eigenvalue weighted by atomic mass is 79.9. The van der Waals surface area contributed by atoms with Gasteiger partial charge < -0.3 is 37.9 Å². The summed E-state index contributed by atoms with van der Waals surface area (Å²) in [6, 6.07) is 7.66. The second kappa shape index (κ2) is 19.2. The number of non-ortho nitro benzene ring substituents is 1. The fourth-order valence-electron chi connectivity index (χ4n) is 3.59. The molecule has 2 aromatic rings. The Morgan fingerprint density at radius 2 is 1.00 bits per heavy atom. The van der Waals surface area contributed by atoms with Crippen molar-refractivity contribution in [1.29, 1.82) is 0 Å². The normalized spacial score (nSPS) is 17.7. The van der Waals surface area contributed by atoms with Gasteiger partial charge in [-0.3, -0.25) is 10.1 Å². The molecule has 41 heavy (non-hydrogen) atoms. The van der Waals surface area contributed by atoms with E-state index in [0.29, 0.717) is 72.9 Å². The van der Waals surface area contributed by atoms with Crippen LogP contribution in [-0.4, -0.2) is 90.2 Å². The summed E-state index contributed by atoms with van der Waals surface area (Å²) < 4.78 is 46.0. The number of benzene rings is 2. The van der Waals surface area contributed by atoms with Crippen molar-refractivity contribution < 1.29 is 47.6 Å². The number of nitro groups is 1. The zero-order chi connectivity index (χ0) is 29.3. The van der Waals surface area contributed by atoms with Crippen molar-refractivity contribution in [2.45, 2.75) is 13.2 Å². The third-order valence-corrected chi connectivity index (χ3v) is 6.39. The molecule has 0 unspecified atom stereocenters. The van der Waals surface area contributed by atoms with Crippen LogP contribution in [0.2, 0.25) is 0 Å². The van der Waals surface area contributed by atoms with E-state index >= 15 is 0 Å². The third kappa shape index (κ3) is 12.8. The summed E-state index contributed by atoms with van der Waals surface area (Å²) in [7, 11) is 0. The number of hydrogen-bond donors (Lipinski definition) is 0. The molecule has 0 amide bonds. The molecule has 226 valence electrons. The number of rotatable bonds is 3. The molecule has 0 atom stereocenters. The quantitative estimate of drug-likeness (QED) is 0.194. The van der Waals surface area contributed by atoms with E-state index < -0.39 is 10.9 Å². The predicted molar refractivity (Wildman–Crippen MR) is 153 cm³/mol. The fraction of sp³-hybridized carbons (Fsp3) is 0.519. The lowest BCUT2D eigenvalue weighted by Gasteiger charge is -2.16. The average Bonchev–Trinajstić information content (AvgIpc) is 2.93. The molecule has 0 N–H and O–H groups in total. The first-order valence-corrected chi connectivity index (χ1v) is 14.6. The topological polar surface area (TPSA) is 134 Å². The van der Waals surface area contributed by atoms with E-state index in [-0.39, 0.29) is 56.6 Å². The molecule has 2 bridgehead atoms. The molecule has 1 aliphatic rings. The Kier molecular flexibility index (Phi) is 15.7. The number of carbonyl (C=O) groups is 1. The highest BCUT2D eigenvalue weighted by Crippen LogP contribution is 2.32. The maximum absolute atomic E-state index is 13.1. The minimum Gasteiger partial charge on any atom is -0.422 e. The number of nitrogens with zero attached hydrogens (tertiary/aromatic N) is 1. The summed E-state index contributed by atoms with van der Waals surface area (Å²) in [5, 5.41) is 11.7. The Balaban J connectivity index is 1.76. The summed E-state index contributed by atoms with van der Waals surface area (Å²) in [4.78, 5) is 24.3. The fourth-order valence-corrected chi connectivity index (χ4v) is 4.89. The summed E-state index contributed by atoms with van der Waals surface area (Å²) in [5.74, 6) is -0.509. The number of nitro benzene ring substituents is 1. The number of hydrogen-bond acceptors (Lipinski definition) is 11. The van der Waals surface area contributed by atoms with Crippen molar-refractivity contribution in [2.75, 3.05) is 79.3 Å². The first-order chi connectivity index (χ1) is 19.9. The van der Waals surface area contributed by atoms with Crippen LogP contribution in [0.25, 0.3) is 0 Å². The van der Waals surface area contributed by atoms with Crippen molar-refractivity contribution in [1.82, 2.24) is 0 Å². The van der Waals surface area contributed by atoms with Crippen molar-refractivity contribution in [3.63, 3.8) is 0 Å². The van der Waals surface area contributed by atoms with Gasteiger partial charge >= 0.3 is 5.97 Å². The van der Waals surface area contributed by atoms with Gasteiger partial charge in [0.15, 0.2) is 0 Å². The molecular weight excluding hydrogens is 674 g/mol. The van der Waals surface area contributed by atoms with Gasteiger partial charge in [0, 0.05) is 32.2 Å². The minimum absolute atomic E-state index is 0.0558. The van der Waals surface area contributed by atoms with E-state index in [1.54, 1.807) is 18.2 Å². The molecule has 0 spiro atoms. The van der Waals surface area contributed by atoms with E-state index in [0.717, 1.165) is 0 Å². The molecule has 2 aromatic carbocycles. The molecule has 12 nitrogen and oxygen atoms in total.